The standard InChI is InChI=1S/C36H69N2O6P/c1-6-8-10-12-14-16-18-19-20-22-24-26-28-30-36(40)37-34(33-44-45(41,42)43-32-31-38(3,4)5)35(39)29-27-25-23-21-17-15-13-11-9-7-2/h17,19-21,27,29,34-35,39H,6-16,18,22-26,28,30-33H2,1-5H3,(H-,37,40,41,42)/p+1/b20-19-,21-17+,29-27+. The zero-order chi connectivity index (χ0) is 33.7. The van der Waals surface area contributed by atoms with E-state index in [1.54, 1.807) is 6.08 Å². The number of carbonyl (C=O) groups is 1. The van der Waals surface area contributed by atoms with Crippen molar-refractivity contribution in [1.29, 1.82) is 0 Å². The summed E-state index contributed by atoms with van der Waals surface area (Å²) in [5.41, 5.74) is 0. The van der Waals surface area contributed by atoms with Crippen LogP contribution >= 0.6 is 7.82 Å². The maximum atomic E-state index is 12.7. The van der Waals surface area contributed by atoms with Crippen molar-refractivity contribution in [2.45, 2.75) is 148 Å². The van der Waals surface area contributed by atoms with Crippen molar-refractivity contribution in [1.82, 2.24) is 5.32 Å². The minimum atomic E-state index is -4.33. The average Bonchev–Trinajstić information content (AvgIpc) is 2.97. The van der Waals surface area contributed by atoms with Gasteiger partial charge in [-0.15, -0.1) is 0 Å². The zero-order valence-electron chi connectivity index (χ0n) is 29.6. The molecule has 0 fully saturated rings. The second-order valence-electron chi connectivity index (χ2n) is 13.2. The number of rotatable bonds is 31. The van der Waals surface area contributed by atoms with Crippen molar-refractivity contribution in [3.63, 3.8) is 0 Å². The van der Waals surface area contributed by atoms with Crippen LogP contribution in [0, 0.1) is 0 Å². The Hall–Kier alpha value is -1.28. The molecule has 1 amide bonds. The topological polar surface area (TPSA) is 105 Å². The van der Waals surface area contributed by atoms with Crippen LogP contribution in [-0.4, -0.2) is 73.4 Å². The largest absolute Gasteiger partial charge is 0.472 e. The van der Waals surface area contributed by atoms with Gasteiger partial charge < -0.3 is 19.8 Å². The minimum Gasteiger partial charge on any atom is -0.387 e. The Morgan fingerprint density at radius 2 is 1.22 bits per heavy atom. The van der Waals surface area contributed by atoms with Gasteiger partial charge in [0, 0.05) is 6.42 Å². The molecule has 3 atom stereocenters. The molecule has 0 rings (SSSR count). The molecule has 0 saturated heterocycles. The number of aliphatic hydroxyl groups is 1. The Morgan fingerprint density at radius 3 is 1.80 bits per heavy atom. The third kappa shape index (κ3) is 31.1. The lowest BCUT2D eigenvalue weighted by Crippen LogP contribution is -2.45. The number of phosphoric ester groups is 1. The number of hydrogen-bond acceptors (Lipinski definition) is 5. The summed E-state index contributed by atoms with van der Waals surface area (Å²) in [5, 5.41) is 13.6. The molecule has 0 aromatic rings. The van der Waals surface area contributed by atoms with Crippen molar-refractivity contribution >= 4 is 13.7 Å². The molecule has 0 aromatic heterocycles. The fourth-order valence-electron chi connectivity index (χ4n) is 4.64. The molecule has 264 valence electrons. The Kier molecular flexibility index (Phi) is 28.1. The monoisotopic (exact) mass is 657 g/mol. The zero-order valence-corrected chi connectivity index (χ0v) is 30.5. The van der Waals surface area contributed by atoms with Crippen LogP contribution in [0.25, 0.3) is 0 Å². The second kappa shape index (κ2) is 28.9. The van der Waals surface area contributed by atoms with E-state index in [1.165, 1.54) is 64.2 Å². The van der Waals surface area contributed by atoms with E-state index in [2.05, 4.69) is 43.5 Å². The number of phosphoric acid groups is 1. The fraction of sp³-hybridized carbons (Fsp3) is 0.806. The summed E-state index contributed by atoms with van der Waals surface area (Å²) in [4.78, 5) is 22.9. The Morgan fingerprint density at radius 1 is 0.733 bits per heavy atom. The summed E-state index contributed by atoms with van der Waals surface area (Å²) in [6.45, 7) is 4.70. The summed E-state index contributed by atoms with van der Waals surface area (Å²) >= 11 is 0. The Labute approximate surface area is 276 Å². The highest BCUT2D eigenvalue weighted by Gasteiger charge is 2.27. The maximum Gasteiger partial charge on any atom is 0.472 e. The summed E-state index contributed by atoms with van der Waals surface area (Å²) in [6.07, 6.45) is 32.1. The van der Waals surface area contributed by atoms with Gasteiger partial charge in [-0.2, -0.15) is 0 Å². The van der Waals surface area contributed by atoms with E-state index in [0.29, 0.717) is 17.4 Å². The molecule has 3 N–H and O–H groups in total. The average molecular weight is 658 g/mol. The molecule has 0 aliphatic carbocycles. The molecule has 0 saturated carbocycles. The smallest absolute Gasteiger partial charge is 0.387 e. The van der Waals surface area contributed by atoms with Gasteiger partial charge in [-0.1, -0.05) is 108 Å². The maximum absolute atomic E-state index is 12.7. The van der Waals surface area contributed by atoms with Crippen LogP contribution in [0.5, 0.6) is 0 Å². The third-order valence-electron chi connectivity index (χ3n) is 7.58. The summed E-state index contributed by atoms with van der Waals surface area (Å²) in [6, 6.07) is -0.866. The first-order valence-corrected chi connectivity index (χ1v) is 19.4. The number of aliphatic hydroxyl groups excluding tert-OH is 1. The first-order valence-electron chi connectivity index (χ1n) is 17.9. The molecule has 0 aliphatic rings. The van der Waals surface area contributed by atoms with E-state index in [-0.39, 0.29) is 19.1 Å². The van der Waals surface area contributed by atoms with Gasteiger partial charge in [0.05, 0.1) is 39.9 Å². The molecule has 0 bridgehead atoms. The highest BCUT2D eigenvalue weighted by molar-refractivity contribution is 7.47. The van der Waals surface area contributed by atoms with E-state index in [1.807, 2.05) is 27.2 Å². The minimum absolute atomic E-state index is 0.0527. The van der Waals surface area contributed by atoms with Crippen molar-refractivity contribution < 1.29 is 32.9 Å². The van der Waals surface area contributed by atoms with Gasteiger partial charge >= 0.3 is 7.82 Å². The molecule has 0 aliphatic heterocycles. The number of carbonyl (C=O) groups excluding carboxylic acids is 1. The SMILES string of the molecule is CCCCCC/C=C/CC/C=C/C(O)C(COP(=O)(O)OCC[N+](C)(C)C)NC(=O)CCCCC/C=C\CCCCCCCC. The van der Waals surface area contributed by atoms with Gasteiger partial charge in [0.2, 0.25) is 5.91 Å². The van der Waals surface area contributed by atoms with Gasteiger partial charge in [0.15, 0.2) is 0 Å². The predicted octanol–water partition coefficient (Wildman–Crippen LogP) is 8.79. The molecular formula is C36H70N2O6P+. The number of hydrogen-bond donors (Lipinski definition) is 3. The van der Waals surface area contributed by atoms with Crippen LogP contribution in [0.1, 0.15) is 136 Å². The van der Waals surface area contributed by atoms with Crippen LogP contribution in [0.4, 0.5) is 0 Å². The Balaban J connectivity index is 4.65. The van der Waals surface area contributed by atoms with E-state index in [0.717, 1.165) is 51.4 Å². The number of likely N-dealkylation sites (N-methyl/N-ethyl adjacent to an activating group) is 1. The van der Waals surface area contributed by atoms with Crippen LogP contribution in [-0.2, 0) is 18.4 Å². The number of quaternary nitrogens is 1. The van der Waals surface area contributed by atoms with Crippen molar-refractivity contribution in [3.05, 3.63) is 36.5 Å². The molecular weight excluding hydrogens is 587 g/mol. The molecule has 8 nitrogen and oxygen atoms in total. The van der Waals surface area contributed by atoms with E-state index < -0.39 is 20.0 Å². The lowest BCUT2D eigenvalue weighted by molar-refractivity contribution is -0.870. The second-order valence-corrected chi connectivity index (χ2v) is 14.7. The molecule has 9 heteroatoms. The predicted molar refractivity (Wildman–Crippen MR) is 189 cm³/mol. The Bertz CT molecular complexity index is 840. The molecule has 0 aromatic carbocycles. The van der Waals surface area contributed by atoms with Crippen molar-refractivity contribution in [3.8, 4) is 0 Å². The fourth-order valence-corrected chi connectivity index (χ4v) is 5.37. The van der Waals surface area contributed by atoms with Crippen LogP contribution in [0.3, 0.4) is 0 Å². The van der Waals surface area contributed by atoms with Crippen molar-refractivity contribution in [2.24, 2.45) is 0 Å². The van der Waals surface area contributed by atoms with E-state index >= 15 is 0 Å². The highest BCUT2D eigenvalue weighted by Crippen LogP contribution is 2.43. The van der Waals surface area contributed by atoms with E-state index in [4.69, 9.17) is 9.05 Å². The number of amides is 1. The molecule has 45 heavy (non-hydrogen) atoms. The summed E-state index contributed by atoms with van der Waals surface area (Å²) in [5.74, 6) is -0.209. The van der Waals surface area contributed by atoms with Crippen LogP contribution < -0.4 is 5.32 Å². The molecule has 3 unspecified atom stereocenters. The van der Waals surface area contributed by atoms with Gasteiger partial charge in [-0.25, -0.2) is 4.57 Å². The number of nitrogens with zero attached hydrogens (tertiary/aromatic N) is 1. The van der Waals surface area contributed by atoms with Crippen LogP contribution in [0.2, 0.25) is 0 Å². The quantitative estimate of drug-likeness (QED) is 0.0298. The van der Waals surface area contributed by atoms with Gasteiger partial charge in [0.25, 0.3) is 0 Å². The van der Waals surface area contributed by atoms with Gasteiger partial charge in [-0.3, -0.25) is 13.8 Å². The molecule has 0 radical (unpaired) electrons. The normalized spacial score (nSPS) is 15.3. The van der Waals surface area contributed by atoms with Crippen molar-refractivity contribution in [2.75, 3.05) is 40.9 Å². The first-order chi connectivity index (χ1) is 21.5. The highest BCUT2D eigenvalue weighted by atomic mass is 31.2. The van der Waals surface area contributed by atoms with E-state index in [9.17, 15) is 19.4 Å². The number of allylic oxidation sites excluding steroid dienone is 5. The van der Waals surface area contributed by atoms with Crippen LogP contribution in [0.15, 0.2) is 36.5 Å². The summed E-state index contributed by atoms with van der Waals surface area (Å²) < 4.78 is 23.3. The number of nitrogens with one attached hydrogen (secondary N) is 1. The first kappa shape index (κ1) is 43.7. The molecule has 0 spiro atoms. The lowest BCUT2D eigenvalue weighted by atomic mass is 10.1. The molecule has 0 heterocycles. The number of unbranched alkanes of at least 4 members (excludes halogenated alkanes) is 14. The summed E-state index contributed by atoms with van der Waals surface area (Å²) in [7, 11) is 1.54. The van der Waals surface area contributed by atoms with Gasteiger partial charge in [0.1, 0.15) is 13.2 Å². The van der Waals surface area contributed by atoms with Gasteiger partial charge in [-0.05, 0) is 57.8 Å². The lowest BCUT2D eigenvalue weighted by Gasteiger charge is -2.25. The third-order valence-corrected chi connectivity index (χ3v) is 8.57.